The minimum atomic E-state index is -0.162. The molecule has 0 bridgehead atoms. The van der Waals surface area contributed by atoms with Crippen LogP contribution in [0, 0.1) is 17.3 Å². The third kappa shape index (κ3) is 5.20. The first-order valence-electron chi connectivity index (χ1n) is 5.09. The van der Waals surface area contributed by atoms with Crippen molar-refractivity contribution >= 4 is 19.6 Å². The van der Waals surface area contributed by atoms with E-state index in [9.17, 15) is 4.79 Å². The van der Waals surface area contributed by atoms with Gasteiger partial charge < -0.3 is 0 Å². The minimum absolute atomic E-state index is 0.0343. The average molecular weight is 196 g/mol. The summed E-state index contributed by atoms with van der Waals surface area (Å²) in [6, 6.07) is 0. The fraction of sp³-hybridized carbons (Fsp3) is 0.818. The molecule has 0 rings (SSSR count). The Morgan fingerprint density at radius 2 is 1.93 bits per heavy atom. The van der Waals surface area contributed by atoms with Gasteiger partial charge in [0.2, 0.25) is 0 Å². The van der Waals surface area contributed by atoms with Crippen LogP contribution in [0.4, 0.5) is 0 Å². The Morgan fingerprint density at radius 1 is 1.43 bits per heavy atom. The Morgan fingerprint density at radius 3 is 2.21 bits per heavy atom. The number of carbonyl (C=O) groups is 1. The standard InChI is InChI=1S/C11H21BO2/c1-8(2)9(6-11(3,4)5)10(13)14-7-12/h7-9,12H,6H2,1-5H3. The van der Waals surface area contributed by atoms with Crippen LogP contribution in [0.3, 0.4) is 0 Å². The fourth-order valence-corrected chi connectivity index (χ4v) is 1.42. The predicted molar refractivity (Wildman–Crippen MR) is 61.7 cm³/mol. The van der Waals surface area contributed by atoms with Gasteiger partial charge in [-0.05, 0) is 0 Å². The maximum absolute atomic E-state index is 11.6. The molecule has 14 heavy (non-hydrogen) atoms. The van der Waals surface area contributed by atoms with Crippen LogP contribution in [0.25, 0.3) is 0 Å². The van der Waals surface area contributed by atoms with Gasteiger partial charge in [-0.15, -0.1) is 0 Å². The van der Waals surface area contributed by atoms with Crippen LogP contribution in [0.5, 0.6) is 0 Å². The molecule has 0 saturated carbocycles. The molecule has 0 aliphatic heterocycles. The SMILES string of the molecule is B=COC(=O)C(CC(C)(C)C)C(C)C. The number of carbonyl (C=O) groups excluding carboxylic acids is 1. The molecule has 1 atom stereocenters. The van der Waals surface area contributed by atoms with E-state index in [1.54, 1.807) is 0 Å². The molecule has 0 radical (unpaired) electrons. The van der Waals surface area contributed by atoms with Crippen LogP contribution in [0.1, 0.15) is 41.0 Å². The third-order valence-corrected chi connectivity index (χ3v) is 2.14. The van der Waals surface area contributed by atoms with Gasteiger partial charge in [0.25, 0.3) is 0 Å². The van der Waals surface area contributed by atoms with Gasteiger partial charge >= 0.3 is 87.4 Å². The molecule has 0 amide bonds. The van der Waals surface area contributed by atoms with Crippen LogP contribution < -0.4 is 0 Å². The van der Waals surface area contributed by atoms with Gasteiger partial charge in [-0.25, -0.2) is 0 Å². The molecular formula is C11H21BO2. The summed E-state index contributed by atoms with van der Waals surface area (Å²) in [5, 5.41) is 0. The van der Waals surface area contributed by atoms with Gasteiger partial charge in [-0.1, -0.05) is 0 Å². The van der Waals surface area contributed by atoms with Crippen molar-refractivity contribution in [1.29, 1.82) is 0 Å². The number of hydrogen-bond donors (Lipinski definition) is 0. The second-order valence-corrected chi connectivity index (χ2v) is 5.22. The number of rotatable bonds is 4. The zero-order valence-corrected chi connectivity index (χ0v) is 9.96. The molecule has 0 heterocycles. The van der Waals surface area contributed by atoms with Gasteiger partial charge in [0.05, 0.1) is 0 Å². The Labute approximate surface area is 88.1 Å². The molecule has 80 valence electrons. The molecule has 0 aliphatic carbocycles. The van der Waals surface area contributed by atoms with Crippen molar-refractivity contribution in [2.24, 2.45) is 17.3 Å². The normalized spacial score (nSPS) is 13.8. The summed E-state index contributed by atoms with van der Waals surface area (Å²) < 4.78 is 4.84. The molecule has 0 saturated heterocycles. The van der Waals surface area contributed by atoms with E-state index >= 15 is 0 Å². The first-order chi connectivity index (χ1) is 6.28. The molecular weight excluding hydrogens is 175 g/mol. The number of hydrogen-bond acceptors (Lipinski definition) is 2. The topological polar surface area (TPSA) is 26.3 Å². The van der Waals surface area contributed by atoms with Crippen molar-refractivity contribution < 1.29 is 9.53 Å². The molecule has 0 fully saturated rings. The van der Waals surface area contributed by atoms with Gasteiger partial charge in [0.1, 0.15) is 0 Å². The van der Waals surface area contributed by atoms with E-state index in [0.29, 0.717) is 5.92 Å². The first kappa shape index (κ1) is 13.4. The van der Waals surface area contributed by atoms with E-state index in [0.717, 1.165) is 6.42 Å². The first-order valence-corrected chi connectivity index (χ1v) is 5.09. The van der Waals surface area contributed by atoms with E-state index in [2.05, 4.69) is 28.3 Å². The van der Waals surface area contributed by atoms with Crippen molar-refractivity contribution in [3.63, 3.8) is 0 Å². The van der Waals surface area contributed by atoms with E-state index in [1.807, 2.05) is 13.8 Å². The van der Waals surface area contributed by atoms with Crippen LogP contribution in [0.2, 0.25) is 0 Å². The summed E-state index contributed by atoms with van der Waals surface area (Å²) in [7, 11) is 3.40. The van der Waals surface area contributed by atoms with E-state index in [1.165, 1.54) is 6.15 Å². The summed E-state index contributed by atoms with van der Waals surface area (Å²) >= 11 is 0. The molecule has 0 aromatic carbocycles. The maximum atomic E-state index is 11.6. The van der Waals surface area contributed by atoms with Gasteiger partial charge in [-0.2, -0.15) is 0 Å². The second-order valence-electron chi connectivity index (χ2n) is 5.22. The monoisotopic (exact) mass is 196 g/mol. The summed E-state index contributed by atoms with van der Waals surface area (Å²) in [5.41, 5.74) is 0.148. The number of ether oxygens (including phenoxy) is 1. The molecule has 1 unspecified atom stereocenters. The molecule has 0 spiro atoms. The summed E-state index contributed by atoms with van der Waals surface area (Å²) in [6.45, 7) is 10.5. The van der Waals surface area contributed by atoms with Gasteiger partial charge in [0.15, 0.2) is 0 Å². The second kappa shape index (κ2) is 5.33. The zero-order valence-electron chi connectivity index (χ0n) is 9.96. The van der Waals surface area contributed by atoms with Crippen molar-refractivity contribution in [2.75, 3.05) is 0 Å². The van der Waals surface area contributed by atoms with Crippen molar-refractivity contribution in [2.45, 2.75) is 41.0 Å². The molecule has 0 aromatic heterocycles. The van der Waals surface area contributed by atoms with E-state index in [4.69, 9.17) is 4.74 Å². The molecule has 0 aromatic rings. The molecule has 3 heteroatoms. The summed E-state index contributed by atoms with van der Waals surface area (Å²) in [6.07, 6.45) is 2.05. The van der Waals surface area contributed by atoms with Crippen LogP contribution >= 0.6 is 0 Å². The Kier molecular flexibility index (Phi) is 5.10. The van der Waals surface area contributed by atoms with Crippen molar-refractivity contribution in [3.05, 3.63) is 0 Å². The number of esters is 1. The van der Waals surface area contributed by atoms with Crippen LogP contribution in [0.15, 0.2) is 0 Å². The van der Waals surface area contributed by atoms with E-state index < -0.39 is 0 Å². The van der Waals surface area contributed by atoms with Crippen LogP contribution in [-0.4, -0.2) is 19.6 Å². The molecule has 0 N–H and O–H groups in total. The Bertz CT molecular complexity index is 204. The van der Waals surface area contributed by atoms with Crippen molar-refractivity contribution in [1.82, 2.24) is 0 Å². The Hall–Kier alpha value is -0.595. The fourth-order valence-electron chi connectivity index (χ4n) is 1.42. The van der Waals surface area contributed by atoms with Gasteiger partial charge in [-0.3, -0.25) is 0 Å². The van der Waals surface area contributed by atoms with Crippen molar-refractivity contribution in [3.8, 4) is 0 Å². The summed E-state index contributed by atoms with van der Waals surface area (Å²) in [5.74, 6) is 0.111. The zero-order chi connectivity index (χ0) is 11.4. The average Bonchev–Trinajstić information content (AvgIpc) is 1.98. The van der Waals surface area contributed by atoms with Gasteiger partial charge in [0, 0.05) is 0 Å². The third-order valence-electron chi connectivity index (χ3n) is 2.14. The van der Waals surface area contributed by atoms with E-state index in [-0.39, 0.29) is 17.3 Å². The predicted octanol–water partition coefficient (Wildman–Crippen LogP) is 1.90. The van der Waals surface area contributed by atoms with Crippen LogP contribution in [-0.2, 0) is 9.53 Å². The quantitative estimate of drug-likeness (QED) is 0.507. The molecule has 0 aliphatic rings. The Balaban J connectivity index is 4.44. The molecule has 2 nitrogen and oxygen atoms in total. The summed E-state index contributed by atoms with van der Waals surface area (Å²) in [4.78, 5) is 11.6.